The molecule has 0 heterocycles. The maximum Gasteiger partial charge on any atom is 0.127 e. The van der Waals surface area contributed by atoms with Crippen molar-refractivity contribution in [3.05, 3.63) is 114 Å². The molecule has 0 saturated heterocycles. The van der Waals surface area contributed by atoms with Crippen LogP contribution in [0, 0.1) is 5.92 Å². The number of phenolic OH excluding ortho intramolecular Hbond substituents is 1. The van der Waals surface area contributed by atoms with Gasteiger partial charge in [-0.3, -0.25) is 0 Å². The van der Waals surface area contributed by atoms with Gasteiger partial charge in [-0.2, -0.15) is 0 Å². The summed E-state index contributed by atoms with van der Waals surface area (Å²) >= 11 is 1.65. The van der Waals surface area contributed by atoms with Crippen LogP contribution in [0.5, 0.6) is 17.2 Å². The highest BCUT2D eigenvalue weighted by molar-refractivity contribution is 7.99. The summed E-state index contributed by atoms with van der Waals surface area (Å²) in [5.41, 5.74) is 3.97. The summed E-state index contributed by atoms with van der Waals surface area (Å²) in [7, 11) is 0. The minimum Gasteiger partial charge on any atom is -0.508 e. The van der Waals surface area contributed by atoms with Crippen LogP contribution in [0.4, 0.5) is 0 Å². The lowest BCUT2D eigenvalue weighted by Gasteiger charge is -2.28. The van der Waals surface area contributed by atoms with E-state index in [0.29, 0.717) is 0 Å². The van der Waals surface area contributed by atoms with Crippen molar-refractivity contribution in [2.75, 3.05) is 0 Å². The molecule has 1 N–H and O–H groups in total. The number of ether oxygens (including phenoxy) is 1. The highest BCUT2D eigenvalue weighted by Gasteiger charge is 2.24. The van der Waals surface area contributed by atoms with Crippen LogP contribution >= 0.6 is 11.8 Å². The zero-order valence-electron chi connectivity index (χ0n) is 24.1. The number of rotatable bonds is 6. The first-order chi connectivity index (χ1) is 17.8. The summed E-state index contributed by atoms with van der Waals surface area (Å²) in [4.78, 5) is 2.20. The van der Waals surface area contributed by atoms with Crippen molar-refractivity contribution < 1.29 is 9.84 Å². The second kappa shape index (κ2) is 12.6. The molecule has 200 valence electrons. The van der Waals surface area contributed by atoms with E-state index < -0.39 is 0 Å². The van der Waals surface area contributed by atoms with Crippen molar-refractivity contribution >= 4 is 11.8 Å². The van der Waals surface area contributed by atoms with E-state index in [9.17, 15) is 5.11 Å². The third-order valence-electron chi connectivity index (χ3n) is 6.18. The molecule has 4 aromatic rings. The van der Waals surface area contributed by atoms with Crippen molar-refractivity contribution in [2.45, 2.75) is 76.0 Å². The van der Waals surface area contributed by atoms with Gasteiger partial charge in [-0.1, -0.05) is 104 Å². The molecule has 0 saturated carbocycles. The minimum absolute atomic E-state index is 0.0952. The molecule has 0 aliphatic carbocycles. The summed E-state index contributed by atoms with van der Waals surface area (Å²) in [5.74, 6) is 2.74. The second-order valence-corrected chi connectivity index (χ2v) is 13.0. The van der Waals surface area contributed by atoms with E-state index in [2.05, 4.69) is 91.8 Å². The zero-order valence-corrected chi connectivity index (χ0v) is 24.9. The van der Waals surface area contributed by atoms with E-state index in [0.717, 1.165) is 27.2 Å². The molecule has 0 radical (unpaired) electrons. The summed E-state index contributed by atoms with van der Waals surface area (Å²) in [6.07, 6.45) is 0. The SMILES string of the molecule is CC(C)(C)c1ccc(C(C)(C)c2ccc(Oc3ccc(Sc4ccc(O)cc4)cc3)cc2)cc1.CC(C)C. The molecule has 4 rings (SSSR count). The van der Waals surface area contributed by atoms with Gasteiger partial charge < -0.3 is 9.84 Å². The Labute approximate surface area is 234 Å². The van der Waals surface area contributed by atoms with Crippen molar-refractivity contribution in [3.63, 3.8) is 0 Å². The maximum atomic E-state index is 9.43. The smallest absolute Gasteiger partial charge is 0.127 e. The normalized spacial score (nSPS) is 11.6. The zero-order chi connectivity index (χ0) is 27.9. The van der Waals surface area contributed by atoms with E-state index in [1.165, 1.54) is 16.7 Å². The number of benzene rings is 4. The average molecular weight is 527 g/mol. The van der Waals surface area contributed by atoms with Gasteiger partial charge in [0.15, 0.2) is 0 Å². The van der Waals surface area contributed by atoms with Crippen molar-refractivity contribution in [1.82, 2.24) is 0 Å². The molecular formula is C35H42O2S. The fourth-order valence-corrected chi connectivity index (χ4v) is 4.67. The molecule has 0 aromatic heterocycles. The lowest BCUT2D eigenvalue weighted by molar-refractivity contribution is 0.475. The predicted molar refractivity (Wildman–Crippen MR) is 163 cm³/mol. The van der Waals surface area contributed by atoms with Gasteiger partial charge in [-0.15, -0.1) is 0 Å². The largest absolute Gasteiger partial charge is 0.508 e. The first-order valence-electron chi connectivity index (χ1n) is 13.3. The van der Waals surface area contributed by atoms with Crippen molar-refractivity contribution in [2.24, 2.45) is 5.92 Å². The molecule has 0 amide bonds. The number of hydrogen-bond acceptors (Lipinski definition) is 3. The van der Waals surface area contributed by atoms with E-state index in [4.69, 9.17) is 4.74 Å². The highest BCUT2D eigenvalue weighted by Crippen LogP contribution is 2.35. The minimum atomic E-state index is -0.0952. The first-order valence-corrected chi connectivity index (χ1v) is 14.1. The van der Waals surface area contributed by atoms with Gasteiger partial charge in [0.05, 0.1) is 0 Å². The van der Waals surface area contributed by atoms with E-state index in [1.807, 2.05) is 48.5 Å². The quantitative estimate of drug-likeness (QED) is 0.271. The molecule has 0 aliphatic rings. The Balaban J connectivity index is 0.000000934. The lowest BCUT2D eigenvalue weighted by atomic mass is 9.77. The Morgan fingerprint density at radius 3 is 1.32 bits per heavy atom. The molecule has 2 nitrogen and oxygen atoms in total. The molecule has 0 bridgehead atoms. The van der Waals surface area contributed by atoms with Gasteiger partial charge in [0.2, 0.25) is 0 Å². The molecule has 0 atom stereocenters. The van der Waals surface area contributed by atoms with Crippen LogP contribution in [0.15, 0.2) is 107 Å². The molecule has 0 fully saturated rings. The van der Waals surface area contributed by atoms with Crippen LogP contribution in [0.3, 0.4) is 0 Å². The first kappa shape index (κ1) is 29.4. The number of phenols is 1. The van der Waals surface area contributed by atoms with Crippen molar-refractivity contribution in [3.8, 4) is 17.2 Å². The Kier molecular flexibility index (Phi) is 9.73. The monoisotopic (exact) mass is 526 g/mol. The Morgan fingerprint density at radius 2 is 0.895 bits per heavy atom. The number of aromatic hydroxyl groups is 1. The summed E-state index contributed by atoms with van der Waals surface area (Å²) in [5, 5.41) is 9.43. The van der Waals surface area contributed by atoms with Crippen LogP contribution in [-0.2, 0) is 10.8 Å². The maximum absolute atomic E-state index is 9.43. The third kappa shape index (κ3) is 8.43. The molecule has 0 aliphatic heterocycles. The van der Waals surface area contributed by atoms with Crippen molar-refractivity contribution in [1.29, 1.82) is 0 Å². The van der Waals surface area contributed by atoms with Crippen LogP contribution in [-0.4, -0.2) is 5.11 Å². The van der Waals surface area contributed by atoms with E-state index in [1.54, 1.807) is 23.9 Å². The van der Waals surface area contributed by atoms with Crippen LogP contribution in [0.25, 0.3) is 0 Å². The lowest BCUT2D eigenvalue weighted by Crippen LogP contribution is -2.19. The van der Waals surface area contributed by atoms with Crippen LogP contribution in [0.2, 0.25) is 0 Å². The second-order valence-electron chi connectivity index (χ2n) is 11.9. The number of hydrogen-bond donors (Lipinski definition) is 1. The summed E-state index contributed by atoms with van der Waals surface area (Å²) in [6, 6.07) is 32.7. The van der Waals surface area contributed by atoms with Gasteiger partial charge in [-0.25, -0.2) is 0 Å². The van der Waals surface area contributed by atoms with Gasteiger partial charge >= 0.3 is 0 Å². The fourth-order valence-electron chi connectivity index (χ4n) is 3.86. The third-order valence-corrected chi connectivity index (χ3v) is 7.20. The Morgan fingerprint density at radius 1 is 0.553 bits per heavy atom. The Bertz CT molecular complexity index is 1260. The summed E-state index contributed by atoms with van der Waals surface area (Å²) < 4.78 is 6.08. The molecular weight excluding hydrogens is 484 g/mol. The molecule has 38 heavy (non-hydrogen) atoms. The van der Waals surface area contributed by atoms with Crippen LogP contribution < -0.4 is 4.74 Å². The van der Waals surface area contributed by atoms with Crippen LogP contribution in [0.1, 0.15) is 72.1 Å². The Hall–Kier alpha value is -3.17. The molecule has 3 heteroatoms. The fraction of sp³-hybridized carbons (Fsp3) is 0.314. The highest BCUT2D eigenvalue weighted by atomic mass is 32.2. The van der Waals surface area contributed by atoms with Gasteiger partial charge in [0.25, 0.3) is 0 Å². The van der Waals surface area contributed by atoms with Gasteiger partial charge in [0, 0.05) is 15.2 Å². The molecule has 0 spiro atoms. The van der Waals surface area contributed by atoms with E-state index in [-0.39, 0.29) is 16.6 Å². The van der Waals surface area contributed by atoms with E-state index >= 15 is 0 Å². The topological polar surface area (TPSA) is 29.5 Å². The standard InChI is InChI=1S/C31H32O2S.C4H10/c1-30(2,3)22-6-8-23(9-7-22)31(4,5)24-10-14-26(15-11-24)33-27-16-20-29(21-17-27)34-28-18-12-25(32)13-19-28;1-4(2)3/h6-21,32H,1-5H3;4H,1-3H3. The molecule has 0 unspecified atom stereocenters. The average Bonchev–Trinajstić information content (AvgIpc) is 2.86. The summed E-state index contributed by atoms with van der Waals surface area (Å²) in [6.45, 7) is 17.8. The van der Waals surface area contributed by atoms with Gasteiger partial charge in [-0.05, 0) is 88.7 Å². The predicted octanol–water partition coefficient (Wildman–Crippen LogP) is 10.6. The molecule has 4 aromatic carbocycles. The van der Waals surface area contributed by atoms with Gasteiger partial charge in [0.1, 0.15) is 17.2 Å².